The van der Waals surface area contributed by atoms with Gasteiger partial charge in [-0.25, -0.2) is 4.98 Å². The molecule has 5 rings (SSSR count). The number of methoxy groups -OCH3 is 1. The number of hydrogen-bond donors (Lipinski definition) is 1. The number of ether oxygens (including phenoxy) is 1. The molecule has 0 aliphatic rings. The first-order chi connectivity index (χ1) is 16.5. The van der Waals surface area contributed by atoms with Crippen molar-refractivity contribution in [1.82, 2.24) is 24.7 Å². The Labute approximate surface area is 204 Å². The van der Waals surface area contributed by atoms with E-state index in [0.29, 0.717) is 39.3 Å². The molecule has 10 heteroatoms. The van der Waals surface area contributed by atoms with Crippen LogP contribution in [-0.2, 0) is 12.3 Å². The van der Waals surface area contributed by atoms with E-state index in [0.717, 1.165) is 27.9 Å². The maximum absolute atomic E-state index is 12.8. The molecule has 4 heterocycles. The third-order valence-electron chi connectivity index (χ3n) is 5.15. The number of thiophene rings is 1. The van der Waals surface area contributed by atoms with Crippen molar-refractivity contribution in [3.05, 3.63) is 64.9 Å². The molecule has 0 amide bonds. The SMILES string of the molecule is COc1ccc(-c2cc3nc(CSc4nnc(-c5ccco5)n4CC(C)C)[nH]c(=O)c3s2)cc1. The summed E-state index contributed by atoms with van der Waals surface area (Å²) in [6.45, 7) is 5.04. The maximum Gasteiger partial charge on any atom is 0.268 e. The van der Waals surface area contributed by atoms with Gasteiger partial charge in [0.1, 0.15) is 16.3 Å². The van der Waals surface area contributed by atoms with Gasteiger partial charge in [0.15, 0.2) is 16.7 Å². The number of benzene rings is 1. The highest BCUT2D eigenvalue weighted by Gasteiger charge is 2.18. The molecular weight excluding hydrogens is 470 g/mol. The topological polar surface area (TPSA) is 98.8 Å². The second-order valence-electron chi connectivity index (χ2n) is 8.14. The number of thioether (sulfide) groups is 1. The quantitative estimate of drug-likeness (QED) is 0.287. The van der Waals surface area contributed by atoms with E-state index in [-0.39, 0.29) is 5.56 Å². The van der Waals surface area contributed by atoms with Crippen LogP contribution in [0.4, 0.5) is 0 Å². The van der Waals surface area contributed by atoms with Gasteiger partial charge >= 0.3 is 0 Å². The Bertz CT molecular complexity index is 1470. The number of rotatable bonds is 8. The summed E-state index contributed by atoms with van der Waals surface area (Å²) in [5.74, 6) is 3.63. The Hall–Kier alpha value is -3.37. The van der Waals surface area contributed by atoms with Crippen molar-refractivity contribution in [2.75, 3.05) is 7.11 Å². The Morgan fingerprint density at radius 3 is 2.74 bits per heavy atom. The van der Waals surface area contributed by atoms with Crippen LogP contribution in [0.15, 0.2) is 63.1 Å². The van der Waals surface area contributed by atoms with Gasteiger partial charge in [-0.2, -0.15) is 0 Å². The number of nitrogens with zero attached hydrogens (tertiary/aromatic N) is 4. The second-order valence-corrected chi connectivity index (χ2v) is 10.1. The minimum absolute atomic E-state index is 0.134. The van der Waals surface area contributed by atoms with Crippen LogP contribution in [0.25, 0.3) is 32.2 Å². The van der Waals surface area contributed by atoms with Gasteiger partial charge in [-0.1, -0.05) is 25.6 Å². The van der Waals surface area contributed by atoms with Crippen molar-refractivity contribution < 1.29 is 9.15 Å². The summed E-state index contributed by atoms with van der Waals surface area (Å²) >= 11 is 2.92. The molecule has 1 N–H and O–H groups in total. The van der Waals surface area contributed by atoms with Crippen molar-refractivity contribution in [2.24, 2.45) is 5.92 Å². The number of aromatic amines is 1. The van der Waals surface area contributed by atoms with Crippen molar-refractivity contribution >= 4 is 33.3 Å². The van der Waals surface area contributed by atoms with Crippen LogP contribution in [-0.4, -0.2) is 31.8 Å². The zero-order chi connectivity index (χ0) is 23.7. The summed E-state index contributed by atoms with van der Waals surface area (Å²) in [4.78, 5) is 21.4. The van der Waals surface area contributed by atoms with Gasteiger partial charge in [0.25, 0.3) is 5.56 Å². The van der Waals surface area contributed by atoms with Crippen LogP contribution in [0.5, 0.6) is 5.75 Å². The Morgan fingerprint density at radius 2 is 2.03 bits per heavy atom. The monoisotopic (exact) mass is 493 g/mol. The molecule has 0 spiro atoms. The number of aromatic nitrogens is 5. The fourth-order valence-electron chi connectivity index (χ4n) is 3.60. The van der Waals surface area contributed by atoms with E-state index < -0.39 is 0 Å². The van der Waals surface area contributed by atoms with E-state index >= 15 is 0 Å². The molecule has 0 atom stereocenters. The number of furan rings is 1. The van der Waals surface area contributed by atoms with Crippen LogP contribution >= 0.6 is 23.1 Å². The van der Waals surface area contributed by atoms with Gasteiger partial charge in [0.2, 0.25) is 0 Å². The van der Waals surface area contributed by atoms with Crippen molar-refractivity contribution in [1.29, 1.82) is 0 Å². The lowest BCUT2D eigenvalue weighted by atomic mass is 10.2. The van der Waals surface area contributed by atoms with E-state index in [1.807, 2.05) is 42.5 Å². The van der Waals surface area contributed by atoms with Gasteiger partial charge in [-0.3, -0.25) is 9.36 Å². The average Bonchev–Trinajstić information content (AvgIpc) is 3.57. The van der Waals surface area contributed by atoms with Crippen LogP contribution in [0.2, 0.25) is 0 Å². The summed E-state index contributed by atoms with van der Waals surface area (Å²) in [5.41, 5.74) is 1.58. The van der Waals surface area contributed by atoms with Crippen molar-refractivity contribution in [2.45, 2.75) is 31.3 Å². The normalized spacial score (nSPS) is 11.5. The van der Waals surface area contributed by atoms with E-state index in [1.54, 1.807) is 13.4 Å². The fourth-order valence-corrected chi connectivity index (χ4v) is 5.42. The fraction of sp³-hybridized carbons (Fsp3) is 0.250. The predicted molar refractivity (Wildman–Crippen MR) is 134 cm³/mol. The summed E-state index contributed by atoms with van der Waals surface area (Å²) in [6, 6.07) is 13.4. The molecule has 174 valence electrons. The Kier molecular flexibility index (Phi) is 6.25. The molecule has 1 aromatic carbocycles. The first-order valence-electron chi connectivity index (χ1n) is 10.8. The summed E-state index contributed by atoms with van der Waals surface area (Å²) < 4.78 is 13.4. The number of nitrogens with one attached hydrogen (secondary N) is 1. The Morgan fingerprint density at radius 1 is 1.21 bits per heavy atom. The van der Waals surface area contributed by atoms with Gasteiger partial charge < -0.3 is 14.1 Å². The van der Waals surface area contributed by atoms with Crippen LogP contribution < -0.4 is 10.3 Å². The molecule has 5 aromatic rings. The van der Waals surface area contributed by atoms with E-state index in [4.69, 9.17) is 14.1 Å². The third-order valence-corrected chi connectivity index (χ3v) is 7.30. The largest absolute Gasteiger partial charge is 0.497 e. The standard InChI is InChI=1S/C24H23N5O3S2/c1-14(2)12-29-22(18-5-4-10-32-18)27-28-24(29)33-13-20-25-17-11-19(34-21(17)23(30)26-20)15-6-8-16(31-3)9-7-15/h4-11,14H,12-13H2,1-3H3,(H,25,26,30). The lowest BCUT2D eigenvalue weighted by Gasteiger charge is -2.11. The van der Waals surface area contributed by atoms with Crippen LogP contribution in [0, 0.1) is 5.92 Å². The smallest absolute Gasteiger partial charge is 0.268 e. The summed E-state index contributed by atoms with van der Waals surface area (Å²) in [6.07, 6.45) is 1.63. The van der Waals surface area contributed by atoms with E-state index in [9.17, 15) is 4.79 Å². The molecule has 34 heavy (non-hydrogen) atoms. The van der Waals surface area contributed by atoms with Crippen LogP contribution in [0.1, 0.15) is 19.7 Å². The molecule has 0 fully saturated rings. The van der Waals surface area contributed by atoms with E-state index in [1.165, 1.54) is 23.1 Å². The first-order valence-corrected chi connectivity index (χ1v) is 12.6. The third kappa shape index (κ3) is 4.51. The molecule has 0 unspecified atom stereocenters. The average molecular weight is 494 g/mol. The highest BCUT2D eigenvalue weighted by molar-refractivity contribution is 7.98. The molecule has 0 aliphatic heterocycles. The lowest BCUT2D eigenvalue weighted by molar-refractivity contribution is 0.415. The van der Waals surface area contributed by atoms with Crippen molar-refractivity contribution in [3.8, 4) is 27.8 Å². The van der Waals surface area contributed by atoms with Gasteiger partial charge in [0.05, 0.1) is 24.6 Å². The maximum atomic E-state index is 12.8. The van der Waals surface area contributed by atoms with Crippen LogP contribution in [0.3, 0.4) is 0 Å². The number of fused-ring (bicyclic) bond motifs is 1. The molecule has 0 radical (unpaired) electrons. The Balaban J connectivity index is 1.41. The molecule has 0 saturated heterocycles. The summed E-state index contributed by atoms with van der Waals surface area (Å²) in [5, 5.41) is 9.47. The first kappa shape index (κ1) is 22.4. The minimum atomic E-state index is -0.134. The summed E-state index contributed by atoms with van der Waals surface area (Å²) in [7, 11) is 1.64. The highest BCUT2D eigenvalue weighted by atomic mass is 32.2. The molecule has 4 aromatic heterocycles. The highest BCUT2D eigenvalue weighted by Crippen LogP contribution is 2.32. The van der Waals surface area contributed by atoms with Gasteiger partial charge in [0, 0.05) is 11.4 Å². The number of hydrogen-bond acceptors (Lipinski definition) is 8. The molecule has 0 bridgehead atoms. The zero-order valence-corrected chi connectivity index (χ0v) is 20.6. The minimum Gasteiger partial charge on any atom is -0.497 e. The van der Waals surface area contributed by atoms with E-state index in [2.05, 4.69) is 33.6 Å². The molecule has 8 nitrogen and oxygen atoms in total. The van der Waals surface area contributed by atoms with Gasteiger partial charge in [-0.15, -0.1) is 21.5 Å². The zero-order valence-electron chi connectivity index (χ0n) is 18.9. The second kappa shape index (κ2) is 9.47. The molecule has 0 aliphatic carbocycles. The molecule has 0 saturated carbocycles. The van der Waals surface area contributed by atoms with Crippen molar-refractivity contribution in [3.63, 3.8) is 0 Å². The number of H-pyrrole nitrogens is 1. The molecular formula is C24H23N5O3S2. The van der Waals surface area contributed by atoms with Gasteiger partial charge in [-0.05, 0) is 53.9 Å². The predicted octanol–water partition coefficient (Wildman–Crippen LogP) is 5.46. The lowest BCUT2D eigenvalue weighted by Crippen LogP contribution is -2.10.